The second-order valence-corrected chi connectivity index (χ2v) is 7.43. The minimum atomic E-state index is -0.368. The van der Waals surface area contributed by atoms with Crippen LogP contribution in [-0.2, 0) is 6.54 Å². The van der Waals surface area contributed by atoms with Gasteiger partial charge in [-0.05, 0) is 62.4 Å². The smallest absolute Gasteiger partial charge is 0.192 e. The fraction of sp³-hybridized carbons (Fsp3) is 0.211. The number of nitrogens with zero attached hydrogens (tertiary/aromatic N) is 3. The molecule has 4 nitrogen and oxygen atoms in total. The first kappa shape index (κ1) is 18.6. The lowest BCUT2D eigenvalue weighted by molar-refractivity contribution is 0.0994. The third-order valence-corrected chi connectivity index (χ3v) is 5.25. The molecule has 0 unspecified atom stereocenters. The molecule has 2 aromatic carbocycles. The molecule has 0 fully saturated rings. The zero-order valence-corrected chi connectivity index (χ0v) is 15.9. The summed E-state index contributed by atoms with van der Waals surface area (Å²) in [7, 11) is 0. The largest absolute Gasteiger partial charge is 0.302 e. The van der Waals surface area contributed by atoms with Crippen LogP contribution in [0.1, 0.15) is 24.2 Å². The fourth-order valence-corrected chi connectivity index (χ4v) is 3.65. The summed E-state index contributed by atoms with van der Waals surface area (Å²) < 4.78 is 15.0. The molecular formula is C19H17ClFN3OS. The number of hydrogen-bond acceptors (Lipinski definition) is 4. The summed E-state index contributed by atoms with van der Waals surface area (Å²) in [5.41, 5.74) is 1.39. The van der Waals surface area contributed by atoms with E-state index in [-0.39, 0.29) is 16.9 Å². The molecule has 26 heavy (non-hydrogen) atoms. The van der Waals surface area contributed by atoms with E-state index >= 15 is 0 Å². The number of rotatable bonds is 6. The third-order valence-electron chi connectivity index (χ3n) is 3.92. The van der Waals surface area contributed by atoms with Gasteiger partial charge in [-0.3, -0.25) is 4.79 Å². The van der Waals surface area contributed by atoms with Crippen molar-refractivity contribution in [1.29, 1.82) is 0 Å². The van der Waals surface area contributed by atoms with Crippen molar-refractivity contribution in [1.82, 2.24) is 14.8 Å². The molecule has 0 N–H and O–H groups in total. The molecule has 0 aliphatic rings. The van der Waals surface area contributed by atoms with E-state index in [4.69, 9.17) is 11.6 Å². The average molecular weight is 390 g/mol. The van der Waals surface area contributed by atoms with Gasteiger partial charge in [0.1, 0.15) is 5.82 Å². The van der Waals surface area contributed by atoms with Gasteiger partial charge in [0.05, 0.1) is 5.25 Å². The van der Waals surface area contributed by atoms with Crippen molar-refractivity contribution in [3.05, 3.63) is 64.9 Å². The van der Waals surface area contributed by atoms with E-state index in [0.717, 1.165) is 11.4 Å². The van der Waals surface area contributed by atoms with Gasteiger partial charge >= 0.3 is 0 Å². The molecule has 0 radical (unpaired) electrons. The molecule has 134 valence electrons. The van der Waals surface area contributed by atoms with Crippen LogP contribution < -0.4 is 0 Å². The van der Waals surface area contributed by atoms with E-state index in [1.807, 2.05) is 30.5 Å². The predicted octanol–water partition coefficient (Wildman–Crippen LogP) is 5.12. The Kier molecular flexibility index (Phi) is 5.74. The minimum absolute atomic E-state index is 0.0753. The molecule has 7 heteroatoms. The number of benzene rings is 2. The van der Waals surface area contributed by atoms with Gasteiger partial charge < -0.3 is 4.57 Å². The van der Waals surface area contributed by atoms with E-state index in [1.165, 1.54) is 36.0 Å². The zero-order chi connectivity index (χ0) is 18.7. The van der Waals surface area contributed by atoms with E-state index in [2.05, 4.69) is 10.2 Å². The molecule has 1 aromatic heterocycles. The lowest BCUT2D eigenvalue weighted by Crippen LogP contribution is -2.14. The van der Waals surface area contributed by atoms with E-state index in [9.17, 15) is 9.18 Å². The molecule has 0 bridgehead atoms. The molecule has 0 aliphatic heterocycles. The number of ketones is 1. The van der Waals surface area contributed by atoms with Crippen molar-refractivity contribution in [2.24, 2.45) is 0 Å². The number of carbonyl (C=O) groups excluding carboxylic acids is 1. The topological polar surface area (TPSA) is 47.8 Å². The SMILES string of the molecule is CCn1c(S[C@H](C)C(=O)c2ccc(F)cc2)nnc1-c1ccc(Cl)cc1. The summed E-state index contributed by atoms with van der Waals surface area (Å²) in [6, 6.07) is 13.0. The lowest BCUT2D eigenvalue weighted by atomic mass is 10.1. The number of hydrogen-bond donors (Lipinski definition) is 0. The van der Waals surface area contributed by atoms with Crippen LogP contribution in [0, 0.1) is 5.82 Å². The van der Waals surface area contributed by atoms with Crippen LogP contribution in [0.5, 0.6) is 0 Å². The highest BCUT2D eigenvalue weighted by Gasteiger charge is 2.21. The zero-order valence-electron chi connectivity index (χ0n) is 14.3. The highest BCUT2D eigenvalue weighted by atomic mass is 35.5. The van der Waals surface area contributed by atoms with Gasteiger partial charge in [-0.1, -0.05) is 23.4 Å². The maximum atomic E-state index is 13.0. The van der Waals surface area contributed by atoms with Gasteiger partial charge in [0, 0.05) is 22.7 Å². The van der Waals surface area contributed by atoms with Crippen molar-refractivity contribution in [2.45, 2.75) is 30.8 Å². The second-order valence-electron chi connectivity index (χ2n) is 5.69. The summed E-state index contributed by atoms with van der Waals surface area (Å²) in [4.78, 5) is 12.6. The van der Waals surface area contributed by atoms with Crippen LogP contribution >= 0.6 is 23.4 Å². The Labute approximate surface area is 160 Å². The molecule has 0 saturated heterocycles. The van der Waals surface area contributed by atoms with Crippen molar-refractivity contribution in [3.8, 4) is 11.4 Å². The maximum absolute atomic E-state index is 13.0. The van der Waals surface area contributed by atoms with Crippen LogP contribution in [0.25, 0.3) is 11.4 Å². The molecule has 3 rings (SSSR count). The quantitative estimate of drug-likeness (QED) is 0.433. The number of halogens is 2. The first-order valence-electron chi connectivity index (χ1n) is 8.15. The summed E-state index contributed by atoms with van der Waals surface area (Å²) in [5.74, 6) is 0.294. The Bertz CT molecular complexity index is 910. The van der Waals surface area contributed by atoms with Gasteiger partial charge in [0.25, 0.3) is 0 Å². The normalized spacial score (nSPS) is 12.2. The average Bonchev–Trinajstić information content (AvgIpc) is 3.04. The van der Waals surface area contributed by atoms with Crippen LogP contribution in [0.15, 0.2) is 53.7 Å². The minimum Gasteiger partial charge on any atom is -0.302 e. The first-order valence-corrected chi connectivity index (χ1v) is 9.41. The summed E-state index contributed by atoms with van der Waals surface area (Å²) in [6.45, 7) is 4.48. The number of thioether (sulfide) groups is 1. The number of aromatic nitrogens is 3. The highest BCUT2D eigenvalue weighted by molar-refractivity contribution is 8.00. The fourth-order valence-electron chi connectivity index (χ4n) is 2.53. The molecule has 0 saturated carbocycles. The van der Waals surface area contributed by atoms with Crippen molar-refractivity contribution in [2.75, 3.05) is 0 Å². The Morgan fingerprint density at radius 2 is 1.81 bits per heavy atom. The maximum Gasteiger partial charge on any atom is 0.192 e. The van der Waals surface area contributed by atoms with Gasteiger partial charge in [0.2, 0.25) is 0 Å². The van der Waals surface area contributed by atoms with Crippen molar-refractivity contribution < 1.29 is 9.18 Å². The van der Waals surface area contributed by atoms with Crippen molar-refractivity contribution >= 4 is 29.1 Å². The van der Waals surface area contributed by atoms with E-state index in [1.54, 1.807) is 12.1 Å². The molecular weight excluding hydrogens is 373 g/mol. The molecule has 0 aliphatic carbocycles. The van der Waals surface area contributed by atoms with E-state index < -0.39 is 0 Å². The van der Waals surface area contributed by atoms with Crippen LogP contribution in [0.4, 0.5) is 4.39 Å². The molecule has 1 atom stereocenters. The summed E-state index contributed by atoms with van der Waals surface area (Å²) in [5, 5.41) is 9.47. The van der Waals surface area contributed by atoms with Gasteiger partial charge in [0.15, 0.2) is 16.8 Å². The summed E-state index contributed by atoms with van der Waals surface area (Å²) >= 11 is 7.28. The predicted molar refractivity (Wildman–Crippen MR) is 102 cm³/mol. The second kappa shape index (κ2) is 8.01. The summed E-state index contributed by atoms with van der Waals surface area (Å²) in [6.07, 6.45) is 0. The lowest BCUT2D eigenvalue weighted by Gasteiger charge is -2.11. The Balaban J connectivity index is 1.82. The van der Waals surface area contributed by atoms with Crippen LogP contribution in [-0.4, -0.2) is 25.8 Å². The Morgan fingerprint density at radius 1 is 1.15 bits per heavy atom. The number of carbonyl (C=O) groups is 1. The van der Waals surface area contributed by atoms with Crippen molar-refractivity contribution in [3.63, 3.8) is 0 Å². The Hall–Kier alpha value is -2.18. The van der Waals surface area contributed by atoms with Gasteiger partial charge in [-0.25, -0.2) is 4.39 Å². The van der Waals surface area contributed by atoms with Crippen LogP contribution in [0.3, 0.4) is 0 Å². The number of Topliss-reactive ketones (excluding diaryl/α,β-unsaturated/α-hetero) is 1. The highest BCUT2D eigenvalue weighted by Crippen LogP contribution is 2.28. The molecule has 0 spiro atoms. The monoisotopic (exact) mass is 389 g/mol. The molecule has 1 heterocycles. The standard InChI is InChI=1S/C19H17ClFN3OS/c1-3-24-18(14-4-8-15(20)9-5-14)22-23-19(24)26-12(2)17(25)13-6-10-16(21)11-7-13/h4-12H,3H2,1-2H3/t12-/m1/s1. The molecule has 3 aromatic rings. The van der Waals surface area contributed by atoms with Gasteiger partial charge in [-0.2, -0.15) is 0 Å². The van der Waals surface area contributed by atoms with Gasteiger partial charge in [-0.15, -0.1) is 10.2 Å². The third kappa shape index (κ3) is 3.97. The Morgan fingerprint density at radius 3 is 2.42 bits per heavy atom. The molecule has 0 amide bonds. The van der Waals surface area contributed by atoms with Crippen LogP contribution in [0.2, 0.25) is 5.02 Å². The first-order chi connectivity index (χ1) is 12.5. The van der Waals surface area contributed by atoms with E-state index in [0.29, 0.717) is 22.3 Å².